The van der Waals surface area contributed by atoms with Crippen molar-refractivity contribution in [2.75, 3.05) is 40.2 Å². The first-order chi connectivity index (χ1) is 8.21. The van der Waals surface area contributed by atoms with Gasteiger partial charge in [-0.25, -0.2) is 0 Å². The summed E-state index contributed by atoms with van der Waals surface area (Å²) in [7, 11) is 5.37. The SMILES string of the molecule is COc1ccc(CCN(C)CCCl)cc1OC. The van der Waals surface area contributed by atoms with Gasteiger partial charge in [0.25, 0.3) is 0 Å². The highest BCUT2D eigenvalue weighted by molar-refractivity contribution is 6.18. The molecule has 0 radical (unpaired) electrons. The molecule has 3 nitrogen and oxygen atoms in total. The molecule has 0 amide bonds. The van der Waals surface area contributed by atoms with Crippen LogP contribution in [0.4, 0.5) is 0 Å². The van der Waals surface area contributed by atoms with Crippen LogP contribution in [0.2, 0.25) is 0 Å². The van der Waals surface area contributed by atoms with Crippen molar-refractivity contribution in [2.45, 2.75) is 6.42 Å². The number of hydrogen-bond donors (Lipinski definition) is 0. The van der Waals surface area contributed by atoms with Gasteiger partial charge in [0.05, 0.1) is 14.2 Å². The van der Waals surface area contributed by atoms with Gasteiger partial charge in [0, 0.05) is 19.0 Å². The highest BCUT2D eigenvalue weighted by atomic mass is 35.5. The summed E-state index contributed by atoms with van der Waals surface area (Å²) in [5.41, 5.74) is 1.24. The van der Waals surface area contributed by atoms with Gasteiger partial charge in [-0.3, -0.25) is 0 Å². The molecule has 0 aliphatic rings. The summed E-state index contributed by atoms with van der Waals surface area (Å²) in [5, 5.41) is 0. The van der Waals surface area contributed by atoms with Crippen molar-refractivity contribution in [2.24, 2.45) is 0 Å². The van der Waals surface area contributed by atoms with E-state index < -0.39 is 0 Å². The largest absolute Gasteiger partial charge is 0.493 e. The Bertz CT molecular complexity index is 344. The minimum Gasteiger partial charge on any atom is -0.493 e. The molecule has 0 aromatic heterocycles. The number of methoxy groups -OCH3 is 2. The van der Waals surface area contributed by atoms with E-state index in [2.05, 4.69) is 18.0 Å². The van der Waals surface area contributed by atoms with E-state index in [0.717, 1.165) is 31.0 Å². The third-order valence-electron chi connectivity index (χ3n) is 2.70. The van der Waals surface area contributed by atoms with Crippen LogP contribution >= 0.6 is 11.6 Å². The number of nitrogens with zero attached hydrogens (tertiary/aromatic N) is 1. The molecule has 0 fully saturated rings. The zero-order valence-corrected chi connectivity index (χ0v) is 11.5. The topological polar surface area (TPSA) is 21.7 Å². The Morgan fingerprint density at radius 1 is 1.12 bits per heavy atom. The summed E-state index contributed by atoms with van der Waals surface area (Å²) in [4.78, 5) is 2.21. The minimum absolute atomic E-state index is 0.669. The molecule has 0 aliphatic heterocycles. The summed E-state index contributed by atoms with van der Waals surface area (Å²) < 4.78 is 10.5. The maximum atomic E-state index is 5.69. The van der Waals surface area contributed by atoms with Crippen LogP contribution in [0.15, 0.2) is 18.2 Å². The van der Waals surface area contributed by atoms with Gasteiger partial charge >= 0.3 is 0 Å². The van der Waals surface area contributed by atoms with Crippen molar-refractivity contribution >= 4 is 11.6 Å². The van der Waals surface area contributed by atoms with Crippen LogP contribution in [0, 0.1) is 0 Å². The van der Waals surface area contributed by atoms with Crippen molar-refractivity contribution in [1.29, 1.82) is 0 Å². The standard InChI is InChI=1S/C13H20ClNO2/c1-15(9-7-14)8-6-11-4-5-12(16-2)13(10-11)17-3/h4-5,10H,6-9H2,1-3H3. The first kappa shape index (κ1) is 14.1. The number of ether oxygens (including phenoxy) is 2. The number of halogens is 1. The zero-order chi connectivity index (χ0) is 12.7. The van der Waals surface area contributed by atoms with Gasteiger partial charge in [0.15, 0.2) is 11.5 Å². The molecular weight excluding hydrogens is 238 g/mol. The van der Waals surface area contributed by atoms with Gasteiger partial charge in [0.1, 0.15) is 0 Å². The number of benzene rings is 1. The number of rotatable bonds is 7. The van der Waals surface area contributed by atoms with Crippen molar-refractivity contribution in [3.8, 4) is 11.5 Å². The Balaban J connectivity index is 2.60. The molecular formula is C13H20ClNO2. The van der Waals surface area contributed by atoms with Gasteiger partial charge < -0.3 is 14.4 Å². The lowest BCUT2D eigenvalue weighted by molar-refractivity contribution is 0.350. The second-order valence-electron chi connectivity index (χ2n) is 3.93. The van der Waals surface area contributed by atoms with Gasteiger partial charge in [-0.2, -0.15) is 0 Å². The molecule has 0 N–H and O–H groups in total. The number of hydrogen-bond acceptors (Lipinski definition) is 3. The lowest BCUT2D eigenvalue weighted by atomic mass is 10.1. The lowest BCUT2D eigenvalue weighted by Crippen LogP contribution is -2.23. The predicted molar refractivity (Wildman–Crippen MR) is 71.5 cm³/mol. The molecule has 0 spiro atoms. The molecule has 1 aromatic carbocycles. The van der Waals surface area contributed by atoms with Gasteiger partial charge in [-0.05, 0) is 31.2 Å². The van der Waals surface area contributed by atoms with Crippen molar-refractivity contribution in [1.82, 2.24) is 4.90 Å². The second-order valence-corrected chi connectivity index (χ2v) is 4.31. The van der Waals surface area contributed by atoms with E-state index in [1.807, 2.05) is 12.1 Å². The van der Waals surface area contributed by atoms with Crippen LogP contribution in [0.1, 0.15) is 5.56 Å². The van der Waals surface area contributed by atoms with Crippen molar-refractivity contribution in [3.63, 3.8) is 0 Å². The number of likely N-dealkylation sites (N-methyl/N-ethyl adjacent to an activating group) is 1. The van der Waals surface area contributed by atoms with E-state index >= 15 is 0 Å². The fourth-order valence-electron chi connectivity index (χ4n) is 1.61. The van der Waals surface area contributed by atoms with Crippen molar-refractivity contribution in [3.05, 3.63) is 23.8 Å². The maximum Gasteiger partial charge on any atom is 0.160 e. The molecule has 1 rings (SSSR count). The number of alkyl halides is 1. The first-order valence-corrected chi connectivity index (χ1v) is 6.20. The summed E-state index contributed by atoms with van der Waals surface area (Å²) in [6.07, 6.45) is 0.980. The zero-order valence-electron chi connectivity index (χ0n) is 10.7. The lowest BCUT2D eigenvalue weighted by Gasteiger charge is -2.15. The fraction of sp³-hybridized carbons (Fsp3) is 0.538. The highest BCUT2D eigenvalue weighted by Crippen LogP contribution is 2.27. The molecule has 0 unspecified atom stereocenters. The maximum absolute atomic E-state index is 5.69. The van der Waals surface area contributed by atoms with Crippen LogP contribution in [0.5, 0.6) is 11.5 Å². The van der Waals surface area contributed by atoms with E-state index in [1.54, 1.807) is 14.2 Å². The van der Waals surface area contributed by atoms with Gasteiger partial charge in [-0.15, -0.1) is 11.6 Å². The van der Waals surface area contributed by atoms with Gasteiger partial charge in [0.2, 0.25) is 0 Å². The first-order valence-electron chi connectivity index (χ1n) is 5.66. The van der Waals surface area contributed by atoms with E-state index in [4.69, 9.17) is 21.1 Å². The minimum atomic E-state index is 0.669. The quantitative estimate of drug-likeness (QED) is 0.701. The Labute approximate surface area is 108 Å². The smallest absolute Gasteiger partial charge is 0.160 e. The Morgan fingerprint density at radius 3 is 2.41 bits per heavy atom. The third-order valence-corrected chi connectivity index (χ3v) is 2.87. The molecule has 0 aliphatic carbocycles. The molecule has 0 bridgehead atoms. The Kier molecular flexibility index (Phi) is 6.16. The van der Waals surface area contributed by atoms with Crippen LogP contribution < -0.4 is 9.47 Å². The molecule has 0 atom stereocenters. The van der Waals surface area contributed by atoms with E-state index in [9.17, 15) is 0 Å². The van der Waals surface area contributed by atoms with E-state index in [-0.39, 0.29) is 0 Å². The molecule has 96 valence electrons. The summed E-state index contributed by atoms with van der Waals surface area (Å²) in [6.45, 7) is 1.90. The van der Waals surface area contributed by atoms with E-state index in [1.165, 1.54) is 5.56 Å². The normalized spacial score (nSPS) is 10.6. The summed E-state index contributed by atoms with van der Waals surface area (Å²) in [5.74, 6) is 2.22. The second kappa shape index (κ2) is 7.41. The third kappa shape index (κ3) is 4.44. The van der Waals surface area contributed by atoms with Crippen LogP contribution in [0.25, 0.3) is 0 Å². The molecule has 17 heavy (non-hydrogen) atoms. The molecule has 1 aromatic rings. The molecule has 0 heterocycles. The summed E-state index contributed by atoms with van der Waals surface area (Å²) in [6, 6.07) is 6.03. The van der Waals surface area contributed by atoms with Crippen LogP contribution in [0.3, 0.4) is 0 Å². The molecule has 4 heteroatoms. The fourth-order valence-corrected chi connectivity index (χ4v) is 1.90. The molecule has 0 saturated carbocycles. The monoisotopic (exact) mass is 257 g/mol. The summed E-state index contributed by atoms with van der Waals surface area (Å²) >= 11 is 5.69. The average Bonchev–Trinajstić information content (AvgIpc) is 2.36. The van der Waals surface area contributed by atoms with Crippen LogP contribution in [-0.2, 0) is 6.42 Å². The Morgan fingerprint density at radius 2 is 1.82 bits per heavy atom. The average molecular weight is 258 g/mol. The molecule has 0 saturated heterocycles. The van der Waals surface area contributed by atoms with Gasteiger partial charge in [-0.1, -0.05) is 6.07 Å². The van der Waals surface area contributed by atoms with Crippen molar-refractivity contribution < 1.29 is 9.47 Å². The Hall–Kier alpha value is -0.930. The van der Waals surface area contributed by atoms with Crippen LogP contribution in [-0.4, -0.2) is 45.1 Å². The predicted octanol–water partition coefficient (Wildman–Crippen LogP) is 2.42. The van der Waals surface area contributed by atoms with E-state index in [0.29, 0.717) is 5.88 Å². The highest BCUT2D eigenvalue weighted by Gasteiger charge is 2.05.